The van der Waals surface area contributed by atoms with E-state index in [4.69, 9.17) is 0 Å². The molecule has 0 heteroatoms. The van der Waals surface area contributed by atoms with Crippen LogP contribution in [0.4, 0.5) is 0 Å². The summed E-state index contributed by atoms with van der Waals surface area (Å²) >= 11 is 0. The van der Waals surface area contributed by atoms with Gasteiger partial charge < -0.3 is 0 Å². The van der Waals surface area contributed by atoms with Gasteiger partial charge in [0.15, 0.2) is 0 Å². The van der Waals surface area contributed by atoms with Crippen LogP contribution in [0.3, 0.4) is 0 Å². The molecule has 4 saturated carbocycles. The van der Waals surface area contributed by atoms with Crippen molar-refractivity contribution in [3.63, 3.8) is 0 Å². The summed E-state index contributed by atoms with van der Waals surface area (Å²) in [4.78, 5) is 0. The molecule has 0 aromatic carbocycles. The summed E-state index contributed by atoms with van der Waals surface area (Å²) in [5.41, 5.74) is 2.44. The fraction of sp³-hybridized carbons (Fsp3) is 0.922. The number of hydrogen-bond acceptors (Lipinski definition) is 0. The molecule has 6 aliphatic rings. The summed E-state index contributed by atoms with van der Waals surface area (Å²) in [7, 11) is 0. The average Bonchev–Trinajstić information content (AvgIpc) is 3.33. The molecule has 0 aliphatic heterocycles. The largest absolute Gasteiger partial charge is 0.0882 e. The highest BCUT2D eigenvalue weighted by atomic mass is 14.6. The lowest BCUT2D eigenvalue weighted by Gasteiger charge is -2.52. The molecule has 298 valence electrons. The van der Waals surface area contributed by atoms with Crippen LogP contribution in [0.1, 0.15) is 206 Å². The minimum atomic E-state index is 0. The Morgan fingerprint density at radius 1 is 0.725 bits per heavy atom. The van der Waals surface area contributed by atoms with Crippen molar-refractivity contribution in [3.8, 4) is 0 Å². The zero-order chi connectivity index (χ0) is 36.6. The molecule has 0 aromatic heterocycles. The molecule has 15 unspecified atom stereocenters. The molecule has 0 nitrogen and oxygen atoms in total. The first-order valence-electron chi connectivity index (χ1n) is 23.5. The summed E-state index contributed by atoms with van der Waals surface area (Å²) in [5.74, 6) is 13.9. The van der Waals surface area contributed by atoms with Crippen molar-refractivity contribution in [3.05, 3.63) is 23.8 Å². The van der Waals surface area contributed by atoms with Crippen molar-refractivity contribution in [1.82, 2.24) is 0 Å². The molecule has 0 bridgehead atoms. The van der Waals surface area contributed by atoms with E-state index in [9.17, 15) is 0 Å². The summed E-state index contributed by atoms with van der Waals surface area (Å²) < 4.78 is 0. The number of hydrogen-bond donors (Lipinski definition) is 0. The smallest absolute Gasteiger partial charge is 0.0171 e. The second kappa shape index (κ2) is 21.0. The second-order valence-electron chi connectivity index (χ2n) is 19.6. The monoisotopic (exact) mass is 707 g/mol. The van der Waals surface area contributed by atoms with E-state index in [-0.39, 0.29) is 7.43 Å². The highest BCUT2D eigenvalue weighted by molar-refractivity contribution is 5.20. The second-order valence-corrected chi connectivity index (χ2v) is 19.6. The Bertz CT molecular complexity index is 1030. The Balaban J connectivity index is 0.00000136. The first-order valence-corrected chi connectivity index (χ1v) is 23.5. The third-order valence-electron chi connectivity index (χ3n) is 17.2. The van der Waals surface area contributed by atoms with Crippen LogP contribution < -0.4 is 0 Å². The topological polar surface area (TPSA) is 0 Å². The molecular formula is C51H94. The molecule has 51 heavy (non-hydrogen) atoms. The van der Waals surface area contributed by atoms with Crippen LogP contribution >= 0.6 is 0 Å². The van der Waals surface area contributed by atoms with Crippen LogP contribution in [0, 0.1) is 94.2 Å². The molecule has 0 heterocycles. The van der Waals surface area contributed by atoms with E-state index in [1.54, 1.807) is 19.3 Å². The van der Waals surface area contributed by atoms with Crippen molar-refractivity contribution < 1.29 is 0 Å². The van der Waals surface area contributed by atoms with E-state index in [2.05, 4.69) is 73.6 Å². The third kappa shape index (κ3) is 9.84. The van der Waals surface area contributed by atoms with E-state index >= 15 is 0 Å². The maximum atomic E-state index is 2.88. The molecular weight excluding hydrogens is 613 g/mol. The van der Waals surface area contributed by atoms with E-state index in [0.717, 1.165) is 88.8 Å². The van der Waals surface area contributed by atoms with Crippen LogP contribution in [-0.4, -0.2) is 0 Å². The van der Waals surface area contributed by atoms with Crippen molar-refractivity contribution in [2.24, 2.45) is 94.2 Å². The van der Waals surface area contributed by atoms with Crippen LogP contribution in [0.5, 0.6) is 0 Å². The van der Waals surface area contributed by atoms with Crippen LogP contribution in [-0.2, 0) is 0 Å². The summed E-state index contributed by atoms with van der Waals surface area (Å²) in [6.07, 6.45) is 34.7. The minimum absolute atomic E-state index is 0. The van der Waals surface area contributed by atoms with Gasteiger partial charge in [-0.15, -0.1) is 0 Å². The standard InChI is InChI=1S/C46H78.2C2H6.CH4/c1-9-10-17-30(2)33(5)32(4)28-44-34(6)37-27-26-35(29-45(37)46(44,7)8)38-22-15-24-42-40(38)23-16-25-43(42)41-21-12-11-18-31(3)36-19-13-14-20-39(36)41;2*1-2;/h14,20,26,30-34,36-45H,9-13,15-19,21-25,27-29H2,1-8H3;2*1-2H3;1H4. The molecule has 4 fully saturated rings. The minimum Gasteiger partial charge on any atom is -0.0882 e. The van der Waals surface area contributed by atoms with Gasteiger partial charge in [-0.25, -0.2) is 0 Å². The Morgan fingerprint density at radius 3 is 2.06 bits per heavy atom. The number of fused-ring (bicyclic) bond motifs is 3. The first-order chi connectivity index (χ1) is 24.1. The molecule has 6 aliphatic carbocycles. The maximum absolute atomic E-state index is 2.88. The Labute approximate surface area is 323 Å². The van der Waals surface area contributed by atoms with Gasteiger partial charge in [-0.1, -0.05) is 166 Å². The van der Waals surface area contributed by atoms with Gasteiger partial charge in [0.25, 0.3) is 0 Å². The van der Waals surface area contributed by atoms with Gasteiger partial charge in [0.2, 0.25) is 0 Å². The molecule has 0 spiro atoms. The zero-order valence-corrected chi connectivity index (χ0v) is 36.1. The quantitative estimate of drug-likeness (QED) is 0.209. The van der Waals surface area contributed by atoms with Gasteiger partial charge in [0.05, 0.1) is 0 Å². The van der Waals surface area contributed by atoms with Crippen LogP contribution in [0.25, 0.3) is 0 Å². The normalized spacial score (nSPS) is 40.4. The van der Waals surface area contributed by atoms with Crippen LogP contribution in [0.2, 0.25) is 0 Å². The lowest BCUT2D eigenvalue weighted by atomic mass is 9.53. The number of unbranched alkanes of at least 4 members (excludes halogenated alkanes) is 1. The zero-order valence-electron chi connectivity index (χ0n) is 36.1. The van der Waals surface area contributed by atoms with Gasteiger partial charge in [0, 0.05) is 0 Å². The molecule has 0 aromatic rings. The van der Waals surface area contributed by atoms with Gasteiger partial charge in [-0.3, -0.25) is 0 Å². The lowest BCUT2D eigenvalue weighted by Crippen LogP contribution is -2.44. The lowest BCUT2D eigenvalue weighted by molar-refractivity contribution is -0.00138. The SMILES string of the molecule is C.CC.CC.CCCCC(C)C(C)C(C)CC1C(C)C2CC=C(C3CCCC4C3CCCC4C3CCCCC(C)C4CCC=CC43)CC2C1(C)C. The average molecular weight is 707 g/mol. The van der Waals surface area contributed by atoms with Gasteiger partial charge in [-0.05, 0) is 158 Å². The summed E-state index contributed by atoms with van der Waals surface area (Å²) in [5, 5.41) is 0. The predicted molar refractivity (Wildman–Crippen MR) is 230 cm³/mol. The van der Waals surface area contributed by atoms with Gasteiger partial charge >= 0.3 is 0 Å². The summed E-state index contributed by atoms with van der Waals surface area (Å²) in [6, 6.07) is 0. The van der Waals surface area contributed by atoms with Crippen LogP contribution in [0.15, 0.2) is 23.8 Å². The van der Waals surface area contributed by atoms with E-state index in [1.165, 1.54) is 96.3 Å². The molecule has 0 radical (unpaired) electrons. The van der Waals surface area contributed by atoms with Gasteiger partial charge in [0.1, 0.15) is 0 Å². The Morgan fingerprint density at radius 2 is 1.35 bits per heavy atom. The highest BCUT2D eigenvalue weighted by Crippen LogP contribution is 2.63. The van der Waals surface area contributed by atoms with Crippen molar-refractivity contribution in [2.75, 3.05) is 0 Å². The number of allylic oxidation sites excluding steroid dienone is 4. The fourth-order valence-corrected chi connectivity index (χ4v) is 14.2. The Hall–Kier alpha value is -0.520. The Kier molecular flexibility index (Phi) is 18.4. The molecule has 0 N–H and O–H groups in total. The van der Waals surface area contributed by atoms with Crippen molar-refractivity contribution >= 4 is 0 Å². The third-order valence-corrected chi connectivity index (χ3v) is 17.2. The summed E-state index contributed by atoms with van der Waals surface area (Å²) in [6.45, 7) is 28.9. The fourth-order valence-electron chi connectivity index (χ4n) is 14.2. The van der Waals surface area contributed by atoms with E-state index in [0.29, 0.717) is 5.41 Å². The van der Waals surface area contributed by atoms with Crippen molar-refractivity contribution in [2.45, 2.75) is 206 Å². The van der Waals surface area contributed by atoms with Gasteiger partial charge in [-0.2, -0.15) is 0 Å². The highest BCUT2D eigenvalue weighted by Gasteiger charge is 2.55. The molecule has 15 atom stereocenters. The first kappa shape index (κ1) is 44.9. The molecule has 0 amide bonds. The molecule has 0 saturated heterocycles. The van der Waals surface area contributed by atoms with E-state index < -0.39 is 0 Å². The maximum Gasteiger partial charge on any atom is -0.0171 e. The predicted octanol–water partition coefficient (Wildman–Crippen LogP) is 16.6. The van der Waals surface area contributed by atoms with Crippen molar-refractivity contribution in [1.29, 1.82) is 0 Å². The number of rotatable bonds is 9. The van der Waals surface area contributed by atoms with E-state index in [1.807, 2.05) is 33.3 Å². The molecule has 6 rings (SSSR count).